The monoisotopic (exact) mass is 478 g/mol. The van der Waals surface area contributed by atoms with E-state index in [4.69, 9.17) is 9.47 Å². The van der Waals surface area contributed by atoms with Gasteiger partial charge in [-0.05, 0) is 71.7 Å². The van der Waals surface area contributed by atoms with Crippen LogP contribution in [0.1, 0.15) is 75.7 Å². The summed E-state index contributed by atoms with van der Waals surface area (Å²) >= 11 is 0. The molecule has 9 nitrogen and oxygen atoms in total. The molecule has 2 rings (SSSR count). The van der Waals surface area contributed by atoms with Crippen molar-refractivity contribution in [2.75, 3.05) is 7.11 Å². The molecule has 1 aromatic heterocycles. The number of aromatic nitrogens is 1. The van der Waals surface area contributed by atoms with Crippen LogP contribution in [0.25, 0.3) is 0 Å². The lowest BCUT2D eigenvalue weighted by molar-refractivity contribution is 0.0315. The second-order valence-corrected chi connectivity index (χ2v) is 10.5. The Morgan fingerprint density at radius 1 is 1.06 bits per heavy atom. The number of sulfonamides is 1. The summed E-state index contributed by atoms with van der Waals surface area (Å²) in [6, 6.07) is 4.12. The molecule has 180 valence electrons. The molecule has 2 N–H and O–H groups in total. The van der Waals surface area contributed by atoms with Crippen molar-refractivity contribution < 1.29 is 32.3 Å². The lowest BCUT2D eigenvalue weighted by Gasteiger charge is -2.21. The Labute approximate surface area is 193 Å². The highest BCUT2D eigenvalue weighted by Gasteiger charge is 2.29. The molecule has 0 amide bonds. The minimum Gasteiger partial charge on any atom is -0.465 e. The van der Waals surface area contributed by atoms with Crippen molar-refractivity contribution in [2.45, 2.75) is 65.0 Å². The Balaban J connectivity index is 2.30. The maximum absolute atomic E-state index is 12.9. The molecular formula is C23H30N2O7S. The van der Waals surface area contributed by atoms with Gasteiger partial charge in [0, 0.05) is 11.2 Å². The molecule has 2 aromatic rings. The maximum Gasteiger partial charge on any atom is 0.339 e. The third-order valence-corrected chi connectivity index (χ3v) is 6.66. The second-order valence-electron chi connectivity index (χ2n) is 8.86. The summed E-state index contributed by atoms with van der Waals surface area (Å²) in [5, 5.41) is 0. The number of hydrogen-bond acceptors (Lipinski definition) is 7. The van der Waals surface area contributed by atoms with E-state index in [0.29, 0.717) is 16.8 Å². The van der Waals surface area contributed by atoms with Crippen LogP contribution in [0.3, 0.4) is 0 Å². The van der Waals surface area contributed by atoms with E-state index in [1.165, 1.54) is 32.2 Å². The van der Waals surface area contributed by atoms with Crippen LogP contribution in [-0.2, 0) is 19.5 Å². The minimum absolute atomic E-state index is 0.0288. The van der Waals surface area contributed by atoms with Crippen molar-refractivity contribution in [3.05, 3.63) is 51.8 Å². The highest BCUT2D eigenvalue weighted by molar-refractivity contribution is 7.89. The molecule has 0 bridgehead atoms. The number of ether oxygens (including phenoxy) is 2. The Morgan fingerprint density at radius 2 is 1.67 bits per heavy atom. The summed E-state index contributed by atoms with van der Waals surface area (Å²) in [5.41, 5.74) is 1.05. The van der Waals surface area contributed by atoms with E-state index >= 15 is 0 Å². The van der Waals surface area contributed by atoms with Crippen LogP contribution < -0.4 is 4.72 Å². The van der Waals surface area contributed by atoms with Crippen LogP contribution in [0.5, 0.6) is 0 Å². The highest BCUT2D eigenvalue weighted by atomic mass is 32.2. The predicted octanol–water partition coefficient (Wildman–Crippen LogP) is 3.23. The zero-order chi connectivity index (χ0) is 25.3. The van der Waals surface area contributed by atoms with Gasteiger partial charge in [0.25, 0.3) is 0 Å². The third-order valence-electron chi connectivity index (χ3n) is 4.91. The molecule has 0 aliphatic carbocycles. The molecule has 0 saturated carbocycles. The largest absolute Gasteiger partial charge is 0.465 e. The fourth-order valence-corrected chi connectivity index (χ4v) is 4.78. The van der Waals surface area contributed by atoms with E-state index < -0.39 is 39.4 Å². The van der Waals surface area contributed by atoms with Crippen molar-refractivity contribution in [1.29, 1.82) is 0 Å². The van der Waals surface area contributed by atoms with E-state index in [1.54, 1.807) is 41.5 Å². The molecule has 10 heteroatoms. The van der Waals surface area contributed by atoms with Crippen molar-refractivity contribution >= 4 is 27.7 Å². The number of nitrogens with one attached hydrogen (secondary N) is 2. The molecule has 0 radical (unpaired) electrons. The van der Waals surface area contributed by atoms with Crippen LogP contribution >= 0.6 is 0 Å². The number of Topliss-reactive ketones (excluding diaryl/α,β-unsaturated/α-hetero) is 1. The van der Waals surface area contributed by atoms with E-state index in [1.807, 2.05) is 0 Å². The van der Waals surface area contributed by atoms with Gasteiger partial charge in [-0.3, -0.25) is 4.79 Å². The number of rotatable bonds is 7. The molecule has 0 aliphatic rings. The van der Waals surface area contributed by atoms with Crippen LogP contribution in [0.4, 0.5) is 0 Å². The molecule has 1 atom stereocenters. The van der Waals surface area contributed by atoms with Gasteiger partial charge in [0.1, 0.15) is 0 Å². The zero-order valence-corrected chi connectivity index (χ0v) is 20.9. The minimum atomic E-state index is -3.87. The quantitative estimate of drug-likeness (QED) is 0.461. The third kappa shape index (κ3) is 5.88. The first kappa shape index (κ1) is 26.3. The summed E-state index contributed by atoms with van der Waals surface area (Å²) in [4.78, 5) is 40.5. The van der Waals surface area contributed by atoms with Crippen molar-refractivity contribution in [2.24, 2.45) is 0 Å². The summed E-state index contributed by atoms with van der Waals surface area (Å²) < 4.78 is 37.9. The average molecular weight is 479 g/mol. The average Bonchev–Trinajstić information content (AvgIpc) is 2.98. The number of hydrogen-bond donors (Lipinski definition) is 2. The SMILES string of the molecule is COC(=O)c1c(C)[nH]c(C(=O)C(C)OC(=O)c2cc(S(=O)(=O)NC(C)(C)C)ccc2C)c1C. The van der Waals surface area contributed by atoms with Gasteiger partial charge >= 0.3 is 11.9 Å². The number of H-pyrrole nitrogens is 1. The molecule has 0 saturated heterocycles. The number of aryl methyl sites for hydroxylation is 2. The van der Waals surface area contributed by atoms with Crippen LogP contribution in [0.2, 0.25) is 0 Å². The topological polar surface area (TPSA) is 132 Å². The van der Waals surface area contributed by atoms with Gasteiger partial charge in [-0.25, -0.2) is 22.7 Å². The summed E-state index contributed by atoms with van der Waals surface area (Å²) in [6.45, 7) is 11.4. The molecular weight excluding hydrogens is 448 g/mol. The highest BCUT2D eigenvalue weighted by Crippen LogP contribution is 2.22. The molecule has 1 unspecified atom stereocenters. The number of methoxy groups -OCH3 is 1. The standard InChI is InChI=1S/C23H30N2O7S/c1-12-9-10-16(33(29,30)25-23(5,6)7)11-17(12)21(27)32-15(4)20(26)19-13(2)18(14(3)24-19)22(28)31-8/h9-11,15,24-25H,1-8H3. The van der Waals surface area contributed by atoms with E-state index in [0.717, 1.165) is 0 Å². The summed E-state index contributed by atoms with van der Waals surface area (Å²) in [7, 11) is -2.63. The predicted molar refractivity (Wildman–Crippen MR) is 122 cm³/mol. The van der Waals surface area contributed by atoms with Gasteiger partial charge in [-0.2, -0.15) is 0 Å². The molecule has 33 heavy (non-hydrogen) atoms. The Bertz CT molecular complexity index is 1200. The zero-order valence-electron chi connectivity index (χ0n) is 20.1. The smallest absolute Gasteiger partial charge is 0.339 e. The van der Waals surface area contributed by atoms with Gasteiger partial charge in [0.2, 0.25) is 15.8 Å². The maximum atomic E-state index is 12.9. The number of carbonyl (C=O) groups is 3. The number of aromatic amines is 1. The Hall–Kier alpha value is -2.98. The summed E-state index contributed by atoms with van der Waals surface area (Å²) in [5.74, 6) is -1.95. The first-order valence-electron chi connectivity index (χ1n) is 10.3. The number of carbonyl (C=O) groups excluding carboxylic acids is 3. The molecule has 1 aromatic carbocycles. The van der Waals surface area contributed by atoms with Gasteiger partial charge in [0.05, 0.1) is 28.8 Å². The number of esters is 2. The van der Waals surface area contributed by atoms with Crippen molar-refractivity contribution in [3.63, 3.8) is 0 Å². The lowest BCUT2D eigenvalue weighted by atomic mass is 10.1. The summed E-state index contributed by atoms with van der Waals surface area (Å²) in [6.07, 6.45) is -1.19. The first-order chi connectivity index (χ1) is 15.1. The fraction of sp³-hybridized carbons (Fsp3) is 0.435. The van der Waals surface area contributed by atoms with Crippen molar-refractivity contribution in [3.8, 4) is 0 Å². The van der Waals surface area contributed by atoms with E-state index in [-0.39, 0.29) is 21.7 Å². The Morgan fingerprint density at radius 3 is 2.21 bits per heavy atom. The number of benzene rings is 1. The molecule has 0 aliphatic heterocycles. The molecule has 0 spiro atoms. The van der Waals surface area contributed by atoms with Gasteiger partial charge in [-0.15, -0.1) is 0 Å². The number of ketones is 1. The van der Waals surface area contributed by atoms with Crippen LogP contribution in [0, 0.1) is 20.8 Å². The molecule has 0 fully saturated rings. The first-order valence-corrected chi connectivity index (χ1v) is 11.7. The Kier molecular flexibility index (Phi) is 7.55. The van der Waals surface area contributed by atoms with Crippen LogP contribution in [-0.4, -0.2) is 49.9 Å². The normalized spacial score (nSPS) is 12.8. The van der Waals surface area contributed by atoms with Gasteiger partial charge in [-0.1, -0.05) is 6.07 Å². The van der Waals surface area contributed by atoms with E-state index in [9.17, 15) is 22.8 Å². The van der Waals surface area contributed by atoms with Crippen LogP contribution in [0.15, 0.2) is 23.1 Å². The lowest BCUT2D eigenvalue weighted by Crippen LogP contribution is -2.40. The van der Waals surface area contributed by atoms with Crippen molar-refractivity contribution in [1.82, 2.24) is 9.71 Å². The van der Waals surface area contributed by atoms with Gasteiger partial charge < -0.3 is 14.5 Å². The second kappa shape index (κ2) is 9.48. The van der Waals surface area contributed by atoms with Gasteiger partial charge in [0.15, 0.2) is 6.10 Å². The fourth-order valence-electron chi connectivity index (χ4n) is 3.34. The molecule has 1 heterocycles. The van der Waals surface area contributed by atoms with E-state index in [2.05, 4.69) is 9.71 Å².